The molecule has 1 fully saturated rings. The SMILES string of the molecule is Cc1nccn1CC[C@H]1CCC(F)(F)C1. The Morgan fingerprint density at radius 3 is 2.93 bits per heavy atom. The van der Waals surface area contributed by atoms with Gasteiger partial charge in [0.2, 0.25) is 5.92 Å². The van der Waals surface area contributed by atoms with Crippen LogP contribution in [0.15, 0.2) is 12.4 Å². The van der Waals surface area contributed by atoms with Crippen LogP contribution in [-0.2, 0) is 6.54 Å². The summed E-state index contributed by atoms with van der Waals surface area (Å²) >= 11 is 0. The van der Waals surface area contributed by atoms with Crippen LogP contribution in [0.3, 0.4) is 0 Å². The summed E-state index contributed by atoms with van der Waals surface area (Å²) in [6, 6.07) is 0. The molecule has 0 amide bonds. The molecule has 1 aliphatic rings. The minimum atomic E-state index is -2.41. The van der Waals surface area contributed by atoms with E-state index < -0.39 is 5.92 Å². The van der Waals surface area contributed by atoms with Crippen LogP contribution in [-0.4, -0.2) is 15.5 Å². The van der Waals surface area contributed by atoms with Crippen molar-refractivity contribution in [2.24, 2.45) is 5.92 Å². The Bertz CT molecular complexity index is 333. The predicted molar refractivity (Wildman–Crippen MR) is 53.9 cm³/mol. The molecule has 0 saturated heterocycles. The van der Waals surface area contributed by atoms with Crippen molar-refractivity contribution in [2.75, 3.05) is 0 Å². The first-order valence-electron chi connectivity index (χ1n) is 5.42. The molecule has 0 bridgehead atoms. The molecule has 2 nitrogen and oxygen atoms in total. The number of halogens is 2. The highest BCUT2D eigenvalue weighted by atomic mass is 19.3. The van der Waals surface area contributed by atoms with E-state index in [4.69, 9.17) is 0 Å². The van der Waals surface area contributed by atoms with Gasteiger partial charge in [-0.3, -0.25) is 0 Å². The number of hydrogen-bond donors (Lipinski definition) is 0. The molecular weight excluding hydrogens is 198 g/mol. The Morgan fingerprint density at radius 1 is 1.60 bits per heavy atom. The van der Waals surface area contributed by atoms with Crippen LogP contribution >= 0.6 is 0 Å². The number of aromatic nitrogens is 2. The van der Waals surface area contributed by atoms with Gasteiger partial charge in [0.15, 0.2) is 0 Å². The molecular formula is C11H16F2N2. The van der Waals surface area contributed by atoms with E-state index >= 15 is 0 Å². The maximum Gasteiger partial charge on any atom is 0.248 e. The van der Waals surface area contributed by atoms with Crippen molar-refractivity contribution in [3.8, 4) is 0 Å². The summed E-state index contributed by atoms with van der Waals surface area (Å²) in [6.07, 6.45) is 5.30. The number of imidazole rings is 1. The van der Waals surface area contributed by atoms with E-state index in [1.807, 2.05) is 17.7 Å². The van der Waals surface area contributed by atoms with Gasteiger partial charge in [-0.15, -0.1) is 0 Å². The van der Waals surface area contributed by atoms with Gasteiger partial charge in [0.05, 0.1) is 0 Å². The molecule has 2 rings (SSSR count). The first kappa shape index (κ1) is 10.6. The third-order valence-electron chi connectivity index (χ3n) is 3.21. The standard InChI is InChI=1S/C11H16F2N2/c1-9-14-5-7-15(9)6-3-10-2-4-11(12,13)8-10/h5,7,10H,2-4,6,8H2,1H3/t10-/m1/s1. The molecule has 1 aromatic rings. The zero-order valence-corrected chi connectivity index (χ0v) is 8.92. The number of rotatable bonds is 3. The fraction of sp³-hybridized carbons (Fsp3) is 0.727. The van der Waals surface area contributed by atoms with Crippen molar-refractivity contribution in [3.63, 3.8) is 0 Å². The summed E-state index contributed by atoms with van der Waals surface area (Å²) < 4.78 is 27.9. The van der Waals surface area contributed by atoms with E-state index in [1.165, 1.54) is 0 Å². The number of nitrogens with zero attached hydrogens (tertiary/aromatic N) is 2. The van der Waals surface area contributed by atoms with Crippen molar-refractivity contribution in [1.29, 1.82) is 0 Å². The number of alkyl halides is 2. The fourth-order valence-corrected chi connectivity index (χ4v) is 2.25. The third kappa shape index (κ3) is 2.55. The van der Waals surface area contributed by atoms with Crippen LogP contribution in [0.25, 0.3) is 0 Å². The lowest BCUT2D eigenvalue weighted by Crippen LogP contribution is -2.11. The van der Waals surface area contributed by atoms with Crippen molar-refractivity contribution in [1.82, 2.24) is 9.55 Å². The molecule has 0 N–H and O–H groups in total. The van der Waals surface area contributed by atoms with Crippen LogP contribution in [0.2, 0.25) is 0 Å². The average molecular weight is 214 g/mol. The van der Waals surface area contributed by atoms with Crippen molar-refractivity contribution < 1.29 is 8.78 Å². The normalized spacial score (nSPS) is 24.6. The summed E-state index contributed by atoms with van der Waals surface area (Å²) in [6.45, 7) is 2.75. The Balaban J connectivity index is 1.83. The summed E-state index contributed by atoms with van der Waals surface area (Å²) in [5, 5.41) is 0. The highest BCUT2D eigenvalue weighted by Crippen LogP contribution is 2.40. The molecule has 0 aliphatic heterocycles. The summed E-state index contributed by atoms with van der Waals surface area (Å²) in [5.74, 6) is -1.27. The van der Waals surface area contributed by atoms with E-state index in [9.17, 15) is 8.78 Å². The number of aryl methyl sites for hydroxylation is 2. The predicted octanol–water partition coefficient (Wildman–Crippen LogP) is 3.02. The lowest BCUT2D eigenvalue weighted by atomic mass is 10.0. The van der Waals surface area contributed by atoms with Gasteiger partial charge in [0.1, 0.15) is 5.82 Å². The van der Waals surface area contributed by atoms with Crippen molar-refractivity contribution >= 4 is 0 Å². The molecule has 84 valence electrons. The van der Waals surface area contributed by atoms with Gasteiger partial charge in [-0.25, -0.2) is 13.8 Å². The maximum atomic E-state index is 12.9. The Morgan fingerprint density at radius 2 is 2.40 bits per heavy atom. The summed E-state index contributed by atoms with van der Waals surface area (Å²) in [4.78, 5) is 4.11. The highest BCUT2D eigenvalue weighted by Gasteiger charge is 2.38. The molecule has 1 aliphatic carbocycles. The van der Waals surface area contributed by atoms with Gasteiger partial charge in [0, 0.05) is 31.8 Å². The van der Waals surface area contributed by atoms with Gasteiger partial charge in [-0.05, 0) is 25.7 Å². The Hall–Kier alpha value is -0.930. The van der Waals surface area contributed by atoms with Gasteiger partial charge in [-0.1, -0.05) is 0 Å². The number of hydrogen-bond acceptors (Lipinski definition) is 1. The third-order valence-corrected chi connectivity index (χ3v) is 3.21. The molecule has 1 atom stereocenters. The Kier molecular flexibility index (Phi) is 2.76. The monoisotopic (exact) mass is 214 g/mol. The van der Waals surface area contributed by atoms with Crippen molar-refractivity contribution in [3.05, 3.63) is 18.2 Å². The van der Waals surface area contributed by atoms with E-state index in [0.29, 0.717) is 6.42 Å². The van der Waals surface area contributed by atoms with E-state index in [-0.39, 0.29) is 18.8 Å². The average Bonchev–Trinajstić information content (AvgIpc) is 2.69. The molecule has 0 unspecified atom stereocenters. The lowest BCUT2D eigenvalue weighted by Gasteiger charge is -2.11. The second-order valence-electron chi connectivity index (χ2n) is 4.42. The van der Waals surface area contributed by atoms with E-state index in [2.05, 4.69) is 4.98 Å². The topological polar surface area (TPSA) is 17.8 Å². The first-order valence-corrected chi connectivity index (χ1v) is 5.42. The van der Waals surface area contributed by atoms with Crippen molar-refractivity contribution in [2.45, 2.75) is 45.1 Å². The molecule has 1 aromatic heterocycles. The van der Waals surface area contributed by atoms with Gasteiger partial charge >= 0.3 is 0 Å². The molecule has 4 heteroatoms. The fourth-order valence-electron chi connectivity index (χ4n) is 2.25. The van der Waals surface area contributed by atoms with Crippen LogP contribution in [0.4, 0.5) is 8.78 Å². The second kappa shape index (κ2) is 3.91. The van der Waals surface area contributed by atoms with Gasteiger partial charge in [-0.2, -0.15) is 0 Å². The maximum absolute atomic E-state index is 12.9. The summed E-state index contributed by atoms with van der Waals surface area (Å²) in [7, 11) is 0. The van der Waals surface area contributed by atoms with Gasteiger partial charge < -0.3 is 4.57 Å². The second-order valence-corrected chi connectivity index (χ2v) is 4.42. The molecule has 0 aromatic carbocycles. The first-order chi connectivity index (χ1) is 7.07. The van der Waals surface area contributed by atoms with Crippen LogP contribution in [0, 0.1) is 12.8 Å². The van der Waals surface area contributed by atoms with E-state index in [1.54, 1.807) is 6.20 Å². The minimum Gasteiger partial charge on any atom is -0.335 e. The molecule has 15 heavy (non-hydrogen) atoms. The van der Waals surface area contributed by atoms with Crippen LogP contribution in [0.5, 0.6) is 0 Å². The Labute approximate surface area is 88.3 Å². The van der Waals surface area contributed by atoms with Crippen LogP contribution in [0.1, 0.15) is 31.5 Å². The minimum absolute atomic E-state index is 0.0700. The molecule has 0 radical (unpaired) electrons. The van der Waals surface area contributed by atoms with Gasteiger partial charge in [0.25, 0.3) is 0 Å². The molecule has 1 saturated carbocycles. The van der Waals surface area contributed by atoms with E-state index in [0.717, 1.165) is 18.8 Å². The highest BCUT2D eigenvalue weighted by molar-refractivity contribution is 4.89. The quantitative estimate of drug-likeness (QED) is 0.756. The molecule has 1 heterocycles. The lowest BCUT2D eigenvalue weighted by molar-refractivity contribution is 0.00455. The largest absolute Gasteiger partial charge is 0.335 e. The zero-order valence-electron chi connectivity index (χ0n) is 8.92. The zero-order chi connectivity index (χ0) is 10.9. The molecule has 0 spiro atoms. The smallest absolute Gasteiger partial charge is 0.248 e. The summed E-state index contributed by atoms with van der Waals surface area (Å²) in [5.41, 5.74) is 0. The van der Waals surface area contributed by atoms with Crippen LogP contribution < -0.4 is 0 Å².